The van der Waals surface area contributed by atoms with Crippen LogP contribution in [0.5, 0.6) is 0 Å². The van der Waals surface area contributed by atoms with Gasteiger partial charge in [-0.25, -0.2) is 9.59 Å². The molecule has 0 fully saturated rings. The van der Waals surface area contributed by atoms with Gasteiger partial charge in [0.2, 0.25) is 0 Å². The summed E-state index contributed by atoms with van der Waals surface area (Å²) in [6.07, 6.45) is 2.19. The highest BCUT2D eigenvalue weighted by Crippen LogP contribution is 2.21. The SMILES string of the molecule is O=C(O)C(=C/C=C(\Cl)c1ccc(Br)cc1)C(=O)O. The van der Waals surface area contributed by atoms with Gasteiger partial charge in [-0.2, -0.15) is 0 Å². The number of carboxylic acids is 2. The first-order valence-corrected chi connectivity index (χ1v) is 5.89. The maximum Gasteiger partial charge on any atom is 0.343 e. The first kappa shape index (κ1) is 14.5. The molecule has 0 aliphatic carbocycles. The molecule has 0 aliphatic rings. The molecule has 94 valence electrons. The molecule has 1 rings (SSSR count). The van der Waals surface area contributed by atoms with Crippen LogP contribution in [0.2, 0.25) is 0 Å². The third-order valence-electron chi connectivity index (χ3n) is 1.98. The number of carbonyl (C=O) groups is 2. The van der Waals surface area contributed by atoms with Gasteiger partial charge in [-0.05, 0) is 29.8 Å². The minimum absolute atomic E-state index is 0.252. The van der Waals surface area contributed by atoms with Crippen LogP contribution >= 0.6 is 27.5 Å². The van der Waals surface area contributed by atoms with Crippen LogP contribution in [0.25, 0.3) is 5.03 Å². The minimum Gasteiger partial charge on any atom is -0.477 e. The topological polar surface area (TPSA) is 74.6 Å². The van der Waals surface area contributed by atoms with Gasteiger partial charge >= 0.3 is 11.9 Å². The minimum atomic E-state index is -1.51. The van der Waals surface area contributed by atoms with Gasteiger partial charge in [0.25, 0.3) is 0 Å². The van der Waals surface area contributed by atoms with E-state index in [-0.39, 0.29) is 5.03 Å². The molecule has 4 nitrogen and oxygen atoms in total. The largest absolute Gasteiger partial charge is 0.477 e. The summed E-state index contributed by atoms with van der Waals surface area (Å²) in [5.41, 5.74) is -0.0866. The van der Waals surface area contributed by atoms with E-state index in [1.54, 1.807) is 24.3 Å². The lowest BCUT2D eigenvalue weighted by molar-refractivity contribution is -0.140. The lowest BCUT2D eigenvalue weighted by Crippen LogP contribution is -2.10. The standard InChI is InChI=1S/C12H8BrClO4/c13-8-3-1-7(2-4-8)10(14)6-5-9(11(15)16)12(17)18/h1-6H,(H,15,16)(H,17,18)/b10-6-. The van der Waals surface area contributed by atoms with Crippen molar-refractivity contribution in [3.63, 3.8) is 0 Å². The number of allylic oxidation sites excluding steroid dienone is 2. The first-order valence-electron chi connectivity index (χ1n) is 4.72. The van der Waals surface area contributed by atoms with Crippen molar-refractivity contribution in [2.24, 2.45) is 0 Å². The molecule has 0 saturated carbocycles. The molecular formula is C12H8BrClO4. The Labute approximate surface area is 116 Å². The predicted molar refractivity (Wildman–Crippen MR) is 71.3 cm³/mol. The molecular weight excluding hydrogens is 323 g/mol. The van der Waals surface area contributed by atoms with E-state index < -0.39 is 17.5 Å². The molecule has 0 aliphatic heterocycles. The Hall–Kier alpha value is -1.59. The number of hydrogen-bond donors (Lipinski definition) is 2. The Kier molecular flexibility index (Phi) is 5.12. The lowest BCUT2D eigenvalue weighted by Gasteiger charge is -1.98. The van der Waals surface area contributed by atoms with Gasteiger partial charge in [0, 0.05) is 9.51 Å². The van der Waals surface area contributed by atoms with Crippen molar-refractivity contribution in [3.8, 4) is 0 Å². The number of aliphatic carboxylic acids is 2. The fraction of sp³-hybridized carbons (Fsp3) is 0. The van der Waals surface area contributed by atoms with Gasteiger partial charge < -0.3 is 10.2 Å². The maximum absolute atomic E-state index is 10.6. The van der Waals surface area contributed by atoms with Gasteiger partial charge in [0.1, 0.15) is 5.57 Å². The average Bonchev–Trinajstić information content (AvgIpc) is 2.28. The van der Waals surface area contributed by atoms with Gasteiger partial charge in [0.15, 0.2) is 0 Å². The summed E-state index contributed by atoms with van der Waals surface area (Å²) < 4.78 is 0.878. The van der Waals surface area contributed by atoms with E-state index >= 15 is 0 Å². The highest BCUT2D eigenvalue weighted by atomic mass is 79.9. The number of hydrogen-bond acceptors (Lipinski definition) is 2. The molecule has 0 heterocycles. The number of carboxylic acid groups (broad SMARTS) is 2. The molecule has 18 heavy (non-hydrogen) atoms. The Balaban J connectivity index is 3.02. The molecule has 0 amide bonds. The molecule has 6 heteroatoms. The van der Waals surface area contributed by atoms with E-state index in [0.717, 1.165) is 10.5 Å². The van der Waals surface area contributed by atoms with E-state index in [4.69, 9.17) is 21.8 Å². The number of rotatable bonds is 4. The second-order valence-electron chi connectivity index (χ2n) is 3.21. The Bertz CT molecular complexity index is 516. The molecule has 0 unspecified atom stereocenters. The van der Waals surface area contributed by atoms with Crippen molar-refractivity contribution in [1.29, 1.82) is 0 Å². The predicted octanol–water partition coefficient (Wildman–Crippen LogP) is 3.12. The molecule has 1 aromatic rings. The van der Waals surface area contributed by atoms with Gasteiger partial charge in [-0.1, -0.05) is 39.7 Å². The summed E-state index contributed by atoms with van der Waals surface area (Å²) in [7, 11) is 0. The highest BCUT2D eigenvalue weighted by molar-refractivity contribution is 9.10. The Morgan fingerprint density at radius 3 is 2.00 bits per heavy atom. The zero-order valence-electron chi connectivity index (χ0n) is 8.93. The third-order valence-corrected chi connectivity index (χ3v) is 2.85. The summed E-state index contributed by atoms with van der Waals surface area (Å²) in [6, 6.07) is 6.98. The quantitative estimate of drug-likeness (QED) is 0.385. The van der Waals surface area contributed by atoms with Crippen molar-refractivity contribution < 1.29 is 19.8 Å². The monoisotopic (exact) mass is 330 g/mol. The van der Waals surface area contributed by atoms with E-state index in [1.807, 2.05) is 0 Å². The average molecular weight is 332 g/mol. The second kappa shape index (κ2) is 6.37. The molecule has 0 saturated heterocycles. The van der Waals surface area contributed by atoms with E-state index in [2.05, 4.69) is 15.9 Å². The van der Waals surface area contributed by atoms with Crippen LogP contribution in [-0.2, 0) is 9.59 Å². The molecule has 0 aromatic heterocycles. The van der Waals surface area contributed by atoms with Crippen LogP contribution in [0.15, 0.2) is 46.5 Å². The second-order valence-corrected chi connectivity index (χ2v) is 4.54. The molecule has 0 spiro atoms. The highest BCUT2D eigenvalue weighted by Gasteiger charge is 2.14. The molecule has 1 aromatic carbocycles. The van der Waals surface area contributed by atoms with Gasteiger partial charge in [0.05, 0.1) is 0 Å². The molecule has 0 bridgehead atoms. The normalized spacial score (nSPS) is 10.9. The van der Waals surface area contributed by atoms with Crippen LogP contribution in [0.1, 0.15) is 5.56 Å². The summed E-state index contributed by atoms with van der Waals surface area (Å²) in [6.45, 7) is 0. The zero-order chi connectivity index (χ0) is 13.7. The fourth-order valence-electron chi connectivity index (χ4n) is 1.10. The summed E-state index contributed by atoms with van der Waals surface area (Å²) in [5.74, 6) is -3.03. The lowest BCUT2D eigenvalue weighted by atomic mass is 10.2. The fourth-order valence-corrected chi connectivity index (χ4v) is 1.55. The number of benzene rings is 1. The zero-order valence-corrected chi connectivity index (χ0v) is 11.3. The van der Waals surface area contributed by atoms with Crippen molar-refractivity contribution in [2.45, 2.75) is 0 Å². The van der Waals surface area contributed by atoms with E-state index in [1.165, 1.54) is 6.08 Å². The summed E-state index contributed by atoms with van der Waals surface area (Å²) >= 11 is 9.19. The molecule has 2 N–H and O–H groups in total. The summed E-state index contributed by atoms with van der Waals surface area (Å²) in [5, 5.41) is 17.5. The van der Waals surface area contributed by atoms with Crippen molar-refractivity contribution >= 4 is 44.5 Å². The van der Waals surface area contributed by atoms with Crippen molar-refractivity contribution in [1.82, 2.24) is 0 Å². The Morgan fingerprint density at radius 2 is 1.56 bits per heavy atom. The Morgan fingerprint density at radius 1 is 1.06 bits per heavy atom. The van der Waals surface area contributed by atoms with E-state index in [0.29, 0.717) is 5.56 Å². The van der Waals surface area contributed by atoms with Crippen LogP contribution < -0.4 is 0 Å². The number of halogens is 2. The van der Waals surface area contributed by atoms with Gasteiger partial charge in [-0.3, -0.25) is 0 Å². The third kappa shape index (κ3) is 4.01. The molecule has 0 atom stereocenters. The van der Waals surface area contributed by atoms with Crippen molar-refractivity contribution in [3.05, 3.63) is 52.0 Å². The van der Waals surface area contributed by atoms with Crippen LogP contribution in [0, 0.1) is 0 Å². The van der Waals surface area contributed by atoms with Crippen LogP contribution in [-0.4, -0.2) is 22.2 Å². The van der Waals surface area contributed by atoms with Gasteiger partial charge in [-0.15, -0.1) is 0 Å². The van der Waals surface area contributed by atoms with Crippen LogP contribution in [0.3, 0.4) is 0 Å². The van der Waals surface area contributed by atoms with E-state index in [9.17, 15) is 9.59 Å². The maximum atomic E-state index is 10.6. The van der Waals surface area contributed by atoms with Crippen LogP contribution in [0.4, 0.5) is 0 Å². The molecule has 0 radical (unpaired) electrons. The smallest absolute Gasteiger partial charge is 0.343 e. The first-order chi connectivity index (χ1) is 8.41. The van der Waals surface area contributed by atoms with Crippen molar-refractivity contribution in [2.75, 3.05) is 0 Å². The summed E-state index contributed by atoms with van der Waals surface area (Å²) in [4.78, 5) is 21.2.